The maximum absolute atomic E-state index is 12.5. The van der Waals surface area contributed by atoms with E-state index in [1.54, 1.807) is 0 Å². The maximum atomic E-state index is 12.5. The highest BCUT2D eigenvalue weighted by Gasteiger charge is 2.28. The number of anilines is 1. The van der Waals surface area contributed by atoms with Crippen molar-refractivity contribution in [2.45, 2.75) is 52.0 Å². The number of para-hydroxylation sites is 1. The Hall–Kier alpha value is -1.88. The summed E-state index contributed by atoms with van der Waals surface area (Å²) >= 11 is 0. The van der Waals surface area contributed by atoms with Crippen molar-refractivity contribution in [3.05, 3.63) is 29.3 Å². The number of rotatable bonds is 5. The molecule has 126 valence electrons. The monoisotopic (exact) mass is 317 g/mol. The number of nitrogens with one attached hydrogen (secondary N) is 1. The fraction of sp³-hybridized carbons (Fsp3) is 0.556. The number of carbonyl (C=O) groups excluding carboxylic acids is 2. The van der Waals surface area contributed by atoms with Crippen LogP contribution >= 0.6 is 0 Å². The van der Waals surface area contributed by atoms with Gasteiger partial charge in [-0.1, -0.05) is 38.5 Å². The molecular weight excluding hydrogens is 290 g/mol. The van der Waals surface area contributed by atoms with Gasteiger partial charge in [-0.2, -0.15) is 0 Å². The first kappa shape index (κ1) is 17.5. The highest BCUT2D eigenvalue weighted by molar-refractivity contribution is 5.94. The lowest BCUT2D eigenvalue weighted by molar-refractivity contribution is -0.126. The van der Waals surface area contributed by atoms with Gasteiger partial charge in [0.1, 0.15) is 0 Å². The molecule has 0 saturated carbocycles. The van der Waals surface area contributed by atoms with Gasteiger partial charge < -0.3 is 11.1 Å². The van der Waals surface area contributed by atoms with Crippen molar-refractivity contribution in [1.82, 2.24) is 4.90 Å². The lowest BCUT2D eigenvalue weighted by atomic mass is 9.98. The van der Waals surface area contributed by atoms with Crippen molar-refractivity contribution in [2.24, 2.45) is 5.73 Å². The van der Waals surface area contributed by atoms with Gasteiger partial charge in [0.25, 0.3) is 0 Å². The third-order valence-electron chi connectivity index (χ3n) is 4.48. The second-order valence-corrected chi connectivity index (χ2v) is 6.63. The molecule has 1 aliphatic rings. The summed E-state index contributed by atoms with van der Waals surface area (Å²) in [5, 5.41) is 3.03. The molecular formula is C18H27N3O2. The molecule has 2 rings (SSSR count). The van der Waals surface area contributed by atoms with Crippen LogP contribution < -0.4 is 11.1 Å². The Labute approximate surface area is 138 Å². The van der Waals surface area contributed by atoms with E-state index in [9.17, 15) is 9.59 Å². The van der Waals surface area contributed by atoms with Gasteiger partial charge in [0.2, 0.25) is 11.8 Å². The van der Waals surface area contributed by atoms with E-state index in [0.29, 0.717) is 5.92 Å². The van der Waals surface area contributed by atoms with Gasteiger partial charge in [0.15, 0.2) is 0 Å². The number of benzene rings is 1. The molecule has 1 heterocycles. The Morgan fingerprint density at radius 1 is 1.35 bits per heavy atom. The van der Waals surface area contributed by atoms with Crippen LogP contribution in [-0.2, 0) is 9.59 Å². The number of primary amides is 1. The molecule has 0 radical (unpaired) electrons. The molecule has 3 N–H and O–H groups in total. The third kappa shape index (κ3) is 4.32. The van der Waals surface area contributed by atoms with E-state index in [1.807, 2.05) is 30.0 Å². The van der Waals surface area contributed by atoms with E-state index >= 15 is 0 Å². The predicted molar refractivity (Wildman–Crippen MR) is 92.3 cm³/mol. The summed E-state index contributed by atoms with van der Waals surface area (Å²) in [5.41, 5.74) is 8.53. The van der Waals surface area contributed by atoms with Crippen molar-refractivity contribution in [2.75, 3.05) is 18.4 Å². The Bertz CT molecular complexity index is 584. The van der Waals surface area contributed by atoms with Crippen molar-refractivity contribution in [3.63, 3.8) is 0 Å². The zero-order chi connectivity index (χ0) is 17.0. The van der Waals surface area contributed by atoms with E-state index in [1.165, 1.54) is 0 Å². The molecule has 0 aromatic heterocycles. The second kappa shape index (κ2) is 7.59. The molecule has 5 heteroatoms. The number of amides is 2. The van der Waals surface area contributed by atoms with Gasteiger partial charge in [-0.25, -0.2) is 0 Å². The largest absolute Gasteiger partial charge is 0.368 e. The number of nitrogens with zero attached hydrogens (tertiary/aromatic N) is 1. The molecule has 0 bridgehead atoms. The molecule has 0 aliphatic carbocycles. The molecule has 23 heavy (non-hydrogen) atoms. The second-order valence-electron chi connectivity index (χ2n) is 6.63. The highest BCUT2D eigenvalue weighted by atomic mass is 16.2. The molecule has 0 unspecified atom stereocenters. The minimum absolute atomic E-state index is 0.0886. The summed E-state index contributed by atoms with van der Waals surface area (Å²) < 4.78 is 0. The van der Waals surface area contributed by atoms with Gasteiger partial charge in [0.05, 0.1) is 12.6 Å². The minimum Gasteiger partial charge on any atom is -0.368 e. The quantitative estimate of drug-likeness (QED) is 0.875. The van der Waals surface area contributed by atoms with Crippen molar-refractivity contribution >= 4 is 17.5 Å². The van der Waals surface area contributed by atoms with Crippen LogP contribution in [0.5, 0.6) is 0 Å². The van der Waals surface area contributed by atoms with Gasteiger partial charge in [-0.15, -0.1) is 0 Å². The fourth-order valence-electron chi connectivity index (χ4n) is 3.21. The Morgan fingerprint density at radius 2 is 2.09 bits per heavy atom. The maximum Gasteiger partial charge on any atom is 0.238 e. The lowest BCUT2D eigenvalue weighted by Gasteiger charge is -2.33. The zero-order valence-corrected chi connectivity index (χ0v) is 14.3. The van der Waals surface area contributed by atoms with Gasteiger partial charge in [-0.3, -0.25) is 14.5 Å². The molecule has 1 aliphatic heterocycles. The van der Waals surface area contributed by atoms with Crippen molar-refractivity contribution < 1.29 is 9.59 Å². The van der Waals surface area contributed by atoms with Crippen LogP contribution in [0.4, 0.5) is 5.69 Å². The van der Waals surface area contributed by atoms with E-state index < -0.39 is 0 Å². The standard InChI is InChI=1S/C18H27N3O2/c1-12(2)14-8-6-7-13(3)17(14)20-16(22)11-21-10-5-4-9-15(21)18(19)23/h6-8,12,15H,4-5,9-11H2,1-3H3,(H2,19,23)(H,20,22)/t15-/m0/s1. The third-order valence-corrected chi connectivity index (χ3v) is 4.48. The molecule has 5 nitrogen and oxygen atoms in total. The Kier molecular flexibility index (Phi) is 5.77. The first-order chi connectivity index (χ1) is 10.9. The van der Waals surface area contributed by atoms with Crippen LogP contribution in [0.1, 0.15) is 50.2 Å². The van der Waals surface area contributed by atoms with Gasteiger partial charge in [0, 0.05) is 5.69 Å². The summed E-state index contributed by atoms with van der Waals surface area (Å²) in [6.45, 7) is 7.16. The van der Waals surface area contributed by atoms with Crippen LogP contribution in [0, 0.1) is 6.92 Å². The van der Waals surface area contributed by atoms with E-state index in [-0.39, 0.29) is 24.4 Å². The predicted octanol–water partition coefficient (Wildman–Crippen LogP) is 2.40. The molecule has 1 saturated heterocycles. The van der Waals surface area contributed by atoms with E-state index in [2.05, 4.69) is 19.2 Å². The number of hydrogen-bond acceptors (Lipinski definition) is 3. The van der Waals surface area contributed by atoms with Gasteiger partial charge >= 0.3 is 0 Å². The summed E-state index contributed by atoms with van der Waals surface area (Å²) in [6, 6.07) is 5.72. The number of carbonyl (C=O) groups is 2. The summed E-state index contributed by atoms with van der Waals surface area (Å²) in [7, 11) is 0. The van der Waals surface area contributed by atoms with Crippen molar-refractivity contribution in [3.8, 4) is 0 Å². The first-order valence-electron chi connectivity index (χ1n) is 8.33. The zero-order valence-electron chi connectivity index (χ0n) is 14.3. The number of piperidine rings is 1. The topological polar surface area (TPSA) is 75.4 Å². The highest BCUT2D eigenvalue weighted by Crippen LogP contribution is 2.27. The summed E-state index contributed by atoms with van der Waals surface area (Å²) in [4.78, 5) is 25.9. The van der Waals surface area contributed by atoms with Crippen LogP contribution in [0.25, 0.3) is 0 Å². The van der Waals surface area contributed by atoms with Crippen LogP contribution in [0.3, 0.4) is 0 Å². The lowest BCUT2D eigenvalue weighted by Crippen LogP contribution is -2.50. The summed E-state index contributed by atoms with van der Waals surface area (Å²) in [6.07, 6.45) is 2.73. The number of hydrogen-bond donors (Lipinski definition) is 2. The Morgan fingerprint density at radius 3 is 2.74 bits per heavy atom. The van der Waals surface area contributed by atoms with Gasteiger partial charge in [-0.05, 0) is 43.4 Å². The molecule has 1 aromatic carbocycles. The van der Waals surface area contributed by atoms with Crippen LogP contribution in [-0.4, -0.2) is 35.8 Å². The molecule has 1 atom stereocenters. The molecule has 0 spiro atoms. The smallest absolute Gasteiger partial charge is 0.238 e. The van der Waals surface area contributed by atoms with Crippen LogP contribution in [0.2, 0.25) is 0 Å². The number of likely N-dealkylation sites (tertiary alicyclic amines) is 1. The first-order valence-corrected chi connectivity index (χ1v) is 8.33. The molecule has 1 aromatic rings. The van der Waals surface area contributed by atoms with Crippen molar-refractivity contribution in [1.29, 1.82) is 0 Å². The SMILES string of the molecule is Cc1cccc(C(C)C)c1NC(=O)CN1CCCC[C@H]1C(N)=O. The average Bonchev–Trinajstić information content (AvgIpc) is 2.49. The number of aryl methyl sites for hydroxylation is 1. The normalized spacial score (nSPS) is 18.9. The minimum atomic E-state index is -0.337. The van der Waals surface area contributed by atoms with Crippen LogP contribution in [0.15, 0.2) is 18.2 Å². The van der Waals surface area contributed by atoms with E-state index in [4.69, 9.17) is 5.73 Å². The van der Waals surface area contributed by atoms with E-state index in [0.717, 1.165) is 42.6 Å². The molecule has 1 fully saturated rings. The number of nitrogens with two attached hydrogens (primary N) is 1. The Balaban J connectivity index is 2.09. The fourth-order valence-corrected chi connectivity index (χ4v) is 3.21. The summed E-state index contributed by atoms with van der Waals surface area (Å²) in [5.74, 6) is -0.0934. The molecule has 2 amide bonds. The average molecular weight is 317 g/mol.